The van der Waals surface area contributed by atoms with Crippen LogP contribution in [-0.4, -0.2) is 75.7 Å². The molecule has 2 aliphatic heterocycles. The van der Waals surface area contributed by atoms with Crippen molar-refractivity contribution in [2.24, 2.45) is 5.92 Å². The standard InChI is InChI=1S/C25H32Cl2N2O5S2/c1-34-13-16-12-25(35-10-5-11-36-25)14-29(16)23(31)21(15-6-3-2-4-7-15)28-22(30)17-8-9-18(26)20(27)19(17)24(32)33/h8-9,15-16,21H,2-7,10-14H2,1H3,(H,28,30)(H,32,33)/t16-,21?/m0/s1. The number of carbonyl (C=O) groups is 3. The van der Waals surface area contributed by atoms with E-state index in [1.54, 1.807) is 7.11 Å². The number of halogens is 2. The van der Waals surface area contributed by atoms with Gasteiger partial charge in [-0.05, 0) is 55.2 Å². The van der Waals surface area contributed by atoms with Gasteiger partial charge in [-0.25, -0.2) is 4.79 Å². The monoisotopic (exact) mass is 574 g/mol. The third-order valence-corrected chi connectivity index (χ3v) is 11.4. The van der Waals surface area contributed by atoms with Crippen molar-refractivity contribution in [2.45, 2.75) is 61.1 Å². The van der Waals surface area contributed by atoms with Gasteiger partial charge in [-0.3, -0.25) is 9.59 Å². The molecular weight excluding hydrogens is 543 g/mol. The summed E-state index contributed by atoms with van der Waals surface area (Å²) in [5.74, 6) is 0.0461. The molecule has 1 spiro atoms. The van der Waals surface area contributed by atoms with Gasteiger partial charge in [-0.1, -0.05) is 42.5 Å². The maximum absolute atomic E-state index is 14.1. The Hall–Kier alpha value is -1.13. The summed E-state index contributed by atoms with van der Waals surface area (Å²) in [6.45, 7) is 1.05. The van der Waals surface area contributed by atoms with Crippen molar-refractivity contribution < 1.29 is 24.2 Å². The van der Waals surface area contributed by atoms with E-state index in [1.807, 2.05) is 28.4 Å². The molecule has 2 heterocycles. The molecule has 0 bridgehead atoms. The Bertz CT molecular complexity index is 999. The second-order valence-electron chi connectivity index (χ2n) is 9.68. The topological polar surface area (TPSA) is 95.9 Å². The first kappa shape index (κ1) is 27.9. The number of ether oxygens (including phenoxy) is 1. The summed E-state index contributed by atoms with van der Waals surface area (Å²) in [7, 11) is 1.65. The molecule has 1 aromatic carbocycles. The van der Waals surface area contributed by atoms with Crippen LogP contribution in [0.1, 0.15) is 65.7 Å². The lowest BCUT2D eigenvalue weighted by atomic mass is 9.83. The van der Waals surface area contributed by atoms with Gasteiger partial charge in [-0.2, -0.15) is 0 Å². The normalized spacial score (nSPS) is 23.0. The summed E-state index contributed by atoms with van der Waals surface area (Å²) < 4.78 is 5.45. The summed E-state index contributed by atoms with van der Waals surface area (Å²) in [5.41, 5.74) is -0.459. The number of methoxy groups -OCH3 is 1. The lowest BCUT2D eigenvalue weighted by molar-refractivity contribution is -0.136. The number of nitrogens with one attached hydrogen (secondary N) is 1. The maximum Gasteiger partial charge on any atom is 0.338 e. The minimum absolute atomic E-state index is 0.0161. The van der Waals surface area contributed by atoms with E-state index in [1.165, 1.54) is 12.1 Å². The van der Waals surface area contributed by atoms with Crippen LogP contribution in [0.5, 0.6) is 0 Å². The summed E-state index contributed by atoms with van der Waals surface area (Å²) in [4.78, 5) is 41.4. The highest BCUT2D eigenvalue weighted by atomic mass is 35.5. The number of aromatic carboxylic acids is 1. The summed E-state index contributed by atoms with van der Waals surface area (Å²) in [6, 6.07) is 1.94. The third kappa shape index (κ3) is 5.96. The number of thioether (sulfide) groups is 2. The van der Waals surface area contributed by atoms with E-state index in [0.717, 1.165) is 56.5 Å². The molecule has 11 heteroatoms. The van der Waals surface area contributed by atoms with Crippen molar-refractivity contribution in [2.75, 3.05) is 31.8 Å². The number of hydrogen-bond acceptors (Lipinski definition) is 6. The zero-order valence-electron chi connectivity index (χ0n) is 20.3. The van der Waals surface area contributed by atoms with Crippen molar-refractivity contribution in [1.82, 2.24) is 10.2 Å². The van der Waals surface area contributed by atoms with Crippen LogP contribution < -0.4 is 5.32 Å². The Morgan fingerprint density at radius 2 is 1.86 bits per heavy atom. The molecule has 2 N–H and O–H groups in total. The molecule has 7 nitrogen and oxygen atoms in total. The largest absolute Gasteiger partial charge is 0.478 e. The lowest BCUT2D eigenvalue weighted by Gasteiger charge is -2.36. The van der Waals surface area contributed by atoms with Gasteiger partial charge in [0.05, 0.1) is 37.9 Å². The fourth-order valence-electron chi connectivity index (χ4n) is 5.54. The molecule has 1 aliphatic carbocycles. The average Bonchev–Trinajstić information content (AvgIpc) is 3.21. The Labute approximate surface area is 230 Å². The highest BCUT2D eigenvalue weighted by Gasteiger charge is 2.49. The number of carboxylic acids is 1. The molecule has 3 aliphatic rings. The molecule has 0 aromatic heterocycles. The predicted molar refractivity (Wildman–Crippen MR) is 146 cm³/mol. The van der Waals surface area contributed by atoms with Gasteiger partial charge in [0.1, 0.15) is 6.04 Å². The lowest BCUT2D eigenvalue weighted by Crippen LogP contribution is -2.54. The summed E-state index contributed by atoms with van der Waals surface area (Å²) in [5, 5.41) is 12.5. The second kappa shape index (κ2) is 12.2. The molecule has 1 aromatic rings. The SMILES string of the molecule is COC[C@@H]1CC2(CN1C(=O)C(NC(=O)c1ccc(Cl)c(Cl)c1C(=O)O)C1CCCCC1)SCCCS2. The van der Waals surface area contributed by atoms with Gasteiger partial charge in [0, 0.05) is 13.7 Å². The maximum atomic E-state index is 14.1. The van der Waals surface area contributed by atoms with Crippen molar-refractivity contribution in [3.63, 3.8) is 0 Å². The number of amides is 2. The van der Waals surface area contributed by atoms with Gasteiger partial charge in [0.2, 0.25) is 5.91 Å². The van der Waals surface area contributed by atoms with Gasteiger partial charge < -0.3 is 20.1 Å². The van der Waals surface area contributed by atoms with Gasteiger partial charge in [0.15, 0.2) is 0 Å². The first-order valence-electron chi connectivity index (χ1n) is 12.4. The zero-order valence-corrected chi connectivity index (χ0v) is 23.4. The Morgan fingerprint density at radius 1 is 1.17 bits per heavy atom. The van der Waals surface area contributed by atoms with Crippen LogP contribution in [-0.2, 0) is 9.53 Å². The molecule has 2 saturated heterocycles. The van der Waals surface area contributed by atoms with Crippen molar-refractivity contribution >= 4 is 64.5 Å². The fraction of sp³-hybridized carbons (Fsp3) is 0.640. The molecule has 1 saturated carbocycles. The Kier molecular flexibility index (Phi) is 9.42. The second-order valence-corrected chi connectivity index (χ2v) is 13.7. The quantitative estimate of drug-likeness (QED) is 0.463. The van der Waals surface area contributed by atoms with Crippen molar-refractivity contribution in [3.8, 4) is 0 Å². The molecule has 2 amide bonds. The van der Waals surface area contributed by atoms with Crippen molar-refractivity contribution in [3.05, 3.63) is 33.3 Å². The van der Waals surface area contributed by atoms with E-state index < -0.39 is 17.9 Å². The number of hydrogen-bond donors (Lipinski definition) is 2. The minimum atomic E-state index is -1.35. The van der Waals surface area contributed by atoms with Crippen LogP contribution in [0, 0.1) is 5.92 Å². The Balaban J connectivity index is 1.63. The van der Waals surface area contributed by atoms with Crippen LogP contribution in [0.3, 0.4) is 0 Å². The number of rotatable bonds is 7. The van der Waals surface area contributed by atoms with Gasteiger partial charge in [0.25, 0.3) is 5.91 Å². The predicted octanol–water partition coefficient (Wildman–Crippen LogP) is 5.18. The smallest absolute Gasteiger partial charge is 0.338 e. The molecular formula is C25H32Cl2N2O5S2. The van der Waals surface area contributed by atoms with E-state index in [2.05, 4.69) is 5.32 Å². The molecule has 198 valence electrons. The highest BCUT2D eigenvalue weighted by molar-refractivity contribution is 8.18. The molecule has 2 atom stereocenters. The zero-order chi connectivity index (χ0) is 25.9. The van der Waals surface area contributed by atoms with Crippen LogP contribution in [0.25, 0.3) is 0 Å². The number of benzene rings is 1. The molecule has 0 radical (unpaired) electrons. The third-order valence-electron chi connectivity index (χ3n) is 7.29. The number of carboxylic acid groups (broad SMARTS) is 1. The van der Waals surface area contributed by atoms with Crippen molar-refractivity contribution in [1.29, 1.82) is 0 Å². The molecule has 4 rings (SSSR count). The molecule has 1 unspecified atom stereocenters. The summed E-state index contributed by atoms with van der Waals surface area (Å²) >= 11 is 16.0. The van der Waals surface area contributed by atoms with E-state index in [9.17, 15) is 19.5 Å². The van der Waals surface area contributed by atoms with E-state index in [0.29, 0.717) is 13.2 Å². The van der Waals surface area contributed by atoms with Crippen LogP contribution in [0.15, 0.2) is 12.1 Å². The van der Waals surface area contributed by atoms with Gasteiger partial charge in [-0.15, -0.1) is 23.5 Å². The van der Waals surface area contributed by atoms with Crippen LogP contribution in [0.4, 0.5) is 0 Å². The first-order chi connectivity index (χ1) is 17.3. The van der Waals surface area contributed by atoms with Crippen LogP contribution >= 0.6 is 46.7 Å². The number of nitrogens with zero attached hydrogens (tertiary/aromatic N) is 1. The Morgan fingerprint density at radius 3 is 2.50 bits per heavy atom. The first-order valence-corrected chi connectivity index (χ1v) is 15.1. The number of likely N-dealkylation sites (tertiary alicyclic amines) is 1. The molecule has 36 heavy (non-hydrogen) atoms. The van der Waals surface area contributed by atoms with E-state index >= 15 is 0 Å². The molecule has 3 fully saturated rings. The van der Waals surface area contributed by atoms with E-state index in [-0.39, 0.29) is 43.1 Å². The minimum Gasteiger partial charge on any atom is -0.478 e. The highest BCUT2D eigenvalue weighted by Crippen LogP contribution is 2.50. The average molecular weight is 576 g/mol. The van der Waals surface area contributed by atoms with Gasteiger partial charge >= 0.3 is 5.97 Å². The number of carbonyl (C=O) groups excluding carboxylic acids is 2. The van der Waals surface area contributed by atoms with Crippen LogP contribution in [0.2, 0.25) is 10.0 Å². The van der Waals surface area contributed by atoms with E-state index in [4.69, 9.17) is 27.9 Å². The fourth-order valence-corrected chi connectivity index (χ4v) is 9.36. The summed E-state index contributed by atoms with van der Waals surface area (Å²) in [6.07, 6.45) is 6.78.